The van der Waals surface area contributed by atoms with E-state index in [0.29, 0.717) is 12.1 Å². The molecule has 0 aliphatic carbocycles. The monoisotopic (exact) mass is 236 g/mol. The van der Waals surface area contributed by atoms with Gasteiger partial charge in [0, 0.05) is 35.8 Å². The molecule has 1 aliphatic heterocycles. The first-order chi connectivity index (χ1) is 7.68. The molecule has 16 heavy (non-hydrogen) atoms. The van der Waals surface area contributed by atoms with E-state index < -0.39 is 0 Å². The summed E-state index contributed by atoms with van der Waals surface area (Å²) in [6.45, 7) is 5.80. The maximum Gasteiger partial charge on any atom is 0.0323 e. The van der Waals surface area contributed by atoms with Gasteiger partial charge < -0.3 is 5.73 Å². The molecule has 1 fully saturated rings. The van der Waals surface area contributed by atoms with Gasteiger partial charge in [0.05, 0.1) is 0 Å². The smallest absolute Gasteiger partial charge is 0.0323 e. The highest BCUT2D eigenvalue weighted by molar-refractivity contribution is 7.99. The topological polar surface area (TPSA) is 29.3 Å². The highest BCUT2D eigenvalue weighted by Crippen LogP contribution is 2.27. The van der Waals surface area contributed by atoms with Gasteiger partial charge in [0.2, 0.25) is 0 Å². The van der Waals surface area contributed by atoms with Crippen LogP contribution < -0.4 is 5.73 Å². The molecule has 3 heteroatoms. The Bertz CT molecular complexity index is 336. The van der Waals surface area contributed by atoms with E-state index in [9.17, 15) is 0 Å². The fraction of sp³-hybridized carbons (Fsp3) is 0.538. The number of nitrogen functional groups attached to an aromatic ring is 1. The van der Waals surface area contributed by atoms with Crippen LogP contribution in [0.2, 0.25) is 0 Å². The molecule has 1 aromatic rings. The van der Waals surface area contributed by atoms with E-state index in [-0.39, 0.29) is 0 Å². The van der Waals surface area contributed by atoms with Crippen LogP contribution in [0.4, 0.5) is 5.69 Å². The number of benzene rings is 1. The fourth-order valence-corrected chi connectivity index (χ4v) is 3.32. The molecule has 0 spiro atoms. The van der Waals surface area contributed by atoms with E-state index in [1.54, 1.807) is 0 Å². The van der Waals surface area contributed by atoms with Crippen LogP contribution in [0, 0.1) is 0 Å². The zero-order valence-corrected chi connectivity index (χ0v) is 10.8. The lowest BCUT2D eigenvalue weighted by Gasteiger charge is -2.38. The quantitative estimate of drug-likeness (QED) is 0.801. The summed E-state index contributed by atoms with van der Waals surface area (Å²) in [6, 6.07) is 9.45. The first-order valence-corrected chi connectivity index (χ1v) is 7.03. The molecule has 2 rings (SSSR count). The summed E-state index contributed by atoms with van der Waals surface area (Å²) < 4.78 is 0. The summed E-state index contributed by atoms with van der Waals surface area (Å²) in [4.78, 5) is 2.59. The summed E-state index contributed by atoms with van der Waals surface area (Å²) in [7, 11) is 0. The molecule has 1 aliphatic rings. The summed E-state index contributed by atoms with van der Waals surface area (Å²) in [5.41, 5.74) is 7.93. The second kappa shape index (κ2) is 5.11. The summed E-state index contributed by atoms with van der Waals surface area (Å²) >= 11 is 2.06. The van der Waals surface area contributed by atoms with E-state index in [2.05, 4.69) is 42.6 Å². The van der Waals surface area contributed by atoms with Crippen LogP contribution >= 0.6 is 11.8 Å². The van der Waals surface area contributed by atoms with Crippen LogP contribution in [0.1, 0.15) is 25.5 Å². The van der Waals surface area contributed by atoms with Crippen LogP contribution in [-0.4, -0.2) is 29.0 Å². The van der Waals surface area contributed by atoms with Gasteiger partial charge in [-0.2, -0.15) is 11.8 Å². The van der Waals surface area contributed by atoms with Crippen molar-refractivity contribution in [1.82, 2.24) is 4.90 Å². The zero-order valence-electron chi connectivity index (χ0n) is 10.0. The van der Waals surface area contributed by atoms with Crippen LogP contribution in [0.25, 0.3) is 0 Å². The van der Waals surface area contributed by atoms with Gasteiger partial charge in [0.1, 0.15) is 0 Å². The molecular formula is C13H20N2S. The van der Waals surface area contributed by atoms with Gasteiger partial charge in [-0.1, -0.05) is 12.1 Å². The van der Waals surface area contributed by atoms with E-state index in [1.807, 2.05) is 12.1 Å². The van der Waals surface area contributed by atoms with Gasteiger partial charge in [-0.3, -0.25) is 4.90 Å². The van der Waals surface area contributed by atoms with Gasteiger partial charge in [0.15, 0.2) is 0 Å². The average Bonchev–Trinajstić information content (AvgIpc) is 2.30. The maximum absolute atomic E-state index is 5.72. The molecule has 0 amide bonds. The Labute approximate surface area is 102 Å². The molecular weight excluding hydrogens is 216 g/mol. The van der Waals surface area contributed by atoms with Crippen molar-refractivity contribution in [2.45, 2.75) is 25.9 Å². The Kier molecular flexibility index (Phi) is 3.77. The standard InChI is InChI=1S/C13H20N2S/c1-10-9-16-8-7-15(10)11(2)12-3-5-13(14)6-4-12/h3-6,10-11H,7-9,14H2,1-2H3. The predicted octanol–water partition coefficient (Wildman–Crippen LogP) is 2.77. The van der Waals surface area contributed by atoms with Gasteiger partial charge >= 0.3 is 0 Å². The van der Waals surface area contributed by atoms with Crippen LogP contribution in [0.3, 0.4) is 0 Å². The van der Waals surface area contributed by atoms with Gasteiger partial charge in [-0.25, -0.2) is 0 Å². The lowest BCUT2D eigenvalue weighted by Crippen LogP contribution is -2.41. The molecule has 0 aromatic heterocycles. The van der Waals surface area contributed by atoms with Crippen molar-refractivity contribution >= 4 is 17.4 Å². The normalized spacial score (nSPS) is 24.2. The van der Waals surface area contributed by atoms with Crippen molar-refractivity contribution in [2.24, 2.45) is 0 Å². The van der Waals surface area contributed by atoms with Crippen molar-refractivity contribution in [1.29, 1.82) is 0 Å². The molecule has 2 atom stereocenters. The van der Waals surface area contributed by atoms with Gasteiger partial charge in [0.25, 0.3) is 0 Å². The molecule has 0 saturated carbocycles. The Morgan fingerprint density at radius 2 is 2.06 bits per heavy atom. The van der Waals surface area contributed by atoms with Crippen molar-refractivity contribution in [3.8, 4) is 0 Å². The molecule has 88 valence electrons. The second-order valence-electron chi connectivity index (χ2n) is 4.50. The van der Waals surface area contributed by atoms with Crippen LogP contribution in [0.5, 0.6) is 0 Å². The third kappa shape index (κ3) is 2.53. The van der Waals surface area contributed by atoms with Crippen molar-refractivity contribution < 1.29 is 0 Å². The lowest BCUT2D eigenvalue weighted by molar-refractivity contribution is 0.174. The first-order valence-electron chi connectivity index (χ1n) is 5.87. The fourth-order valence-electron chi connectivity index (χ4n) is 2.28. The largest absolute Gasteiger partial charge is 0.399 e. The minimum absolute atomic E-state index is 0.497. The van der Waals surface area contributed by atoms with E-state index >= 15 is 0 Å². The molecule has 1 aromatic carbocycles. The number of hydrogen-bond acceptors (Lipinski definition) is 3. The predicted molar refractivity (Wildman–Crippen MR) is 72.8 cm³/mol. The number of thioether (sulfide) groups is 1. The van der Waals surface area contributed by atoms with E-state index in [4.69, 9.17) is 5.73 Å². The Hall–Kier alpha value is -0.670. The molecule has 2 nitrogen and oxygen atoms in total. The van der Waals surface area contributed by atoms with Gasteiger partial charge in [-0.05, 0) is 31.5 Å². The third-order valence-corrected chi connectivity index (χ3v) is 4.52. The zero-order chi connectivity index (χ0) is 11.5. The molecule has 2 unspecified atom stereocenters. The number of rotatable bonds is 2. The van der Waals surface area contributed by atoms with Crippen LogP contribution in [-0.2, 0) is 0 Å². The SMILES string of the molecule is CC1CSCCN1C(C)c1ccc(N)cc1. The number of nitrogens with two attached hydrogens (primary N) is 1. The molecule has 0 radical (unpaired) electrons. The van der Waals surface area contributed by atoms with Crippen molar-refractivity contribution in [3.05, 3.63) is 29.8 Å². The average molecular weight is 236 g/mol. The first kappa shape index (κ1) is 11.8. The molecule has 0 bridgehead atoms. The van der Waals surface area contributed by atoms with Crippen molar-refractivity contribution in [2.75, 3.05) is 23.8 Å². The number of hydrogen-bond donors (Lipinski definition) is 1. The molecule has 1 heterocycles. The lowest BCUT2D eigenvalue weighted by atomic mass is 10.1. The Balaban J connectivity index is 2.11. The summed E-state index contributed by atoms with van der Waals surface area (Å²) in [5, 5.41) is 0. The van der Waals surface area contributed by atoms with E-state index in [1.165, 1.54) is 23.6 Å². The number of nitrogens with zero attached hydrogens (tertiary/aromatic N) is 1. The van der Waals surface area contributed by atoms with Crippen LogP contribution in [0.15, 0.2) is 24.3 Å². The maximum atomic E-state index is 5.72. The highest BCUT2D eigenvalue weighted by atomic mass is 32.2. The Morgan fingerprint density at radius 3 is 2.69 bits per heavy atom. The van der Waals surface area contributed by atoms with Crippen molar-refractivity contribution in [3.63, 3.8) is 0 Å². The van der Waals surface area contributed by atoms with Gasteiger partial charge in [-0.15, -0.1) is 0 Å². The molecule has 2 N–H and O–H groups in total. The molecule has 1 saturated heterocycles. The summed E-state index contributed by atoms with van der Waals surface area (Å²) in [5.74, 6) is 2.50. The Morgan fingerprint density at radius 1 is 1.38 bits per heavy atom. The minimum atomic E-state index is 0.497. The second-order valence-corrected chi connectivity index (χ2v) is 5.65. The highest BCUT2D eigenvalue weighted by Gasteiger charge is 2.24. The van der Waals surface area contributed by atoms with E-state index in [0.717, 1.165) is 5.69 Å². The minimum Gasteiger partial charge on any atom is -0.399 e. The summed E-state index contributed by atoms with van der Waals surface area (Å²) in [6.07, 6.45) is 0. The number of anilines is 1. The third-order valence-electron chi connectivity index (χ3n) is 3.34.